The van der Waals surface area contributed by atoms with E-state index in [0.29, 0.717) is 12.1 Å². The summed E-state index contributed by atoms with van der Waals surface area (Å²) in [6.07, 6.45) is 1.70. The Morgan fingerprint density at radius 1 is 1.31 bits per heavy atom. The van der Waals surface area contributed by atoms with Gasteiger partial charge in [-0.1, -0.05) is 30.3 Å². The Morgan fingerprint density at radius 3 is 2.62 bits per heavy atom. The van der Waals surface area contributed by atoms with Gasteiger partial charge in [0.05, 0.1) is 6.10 Å². The van der Waals surface area contributed by atoms with Gasteiger partial charge in [-0.15, -0.1) is 0 Å². The first-order chi connectivity index (χ1) is 7.68. The minimum absolute atomic E-state index is 0.103. The van der Waals surface area contributed by atoms with Crippen molar-refractivity contribution < 1.29 is 5.11 Å². The molecule has 16 heavy (non-hydrogen) atoms. The van der Waals surface area contributed by atoms with Crippen molar-refractivity contribution in [2.24, 2.45) is 0 Å². The number of likely N-dealkylation sites (tertiary alicyclic amines) is 1. The van der Waals surface area contributed by atoms with Crippen LogP contribution in [0.3, 0.4) is 0 Å². The average molecular weight is 219 g/mol. The Hall–Kier alpha value is -0.860. The molecule has 1 aliphatic heterocycles. The summed E-state index contributed by atoms with van der Waals surface area (Å²) in [6, 6.07) is 11.5. The normalized spacial score (nSPS) is 28.9. The first-order valence-corrected chi connectivity index (χ1v) is 6.17. The van der Waals surface area contributed by atoms with Gasteiger partial charge < -0.3 is 5.11 Å². The van der Waals surface area contributed by atoms with Crippen molar-refractivity contribution in [3.8, 4) is 0 Å². The molecule has 1 aromatic carbocycles. The molecule has 1 aliphatic rings. The number of rotatable bonds is 2. The molecule has 1 fully saturated rings. The summed E-state index contributed by atoms with van der Waals surface area (Å²) in [6.45, 7) is 5.46. The molecule has 0 bridgehead atoms. The summed E-state index contributed by atoms with van der Waals surface area (Å²) in [5.41, 5.74) is 1.37. The van der Waals surface area contributed by atoms with Crippen LogP contribution in [0.1, 0.15) is 38.3 Å². The lowest BCUT2D eigenvalue weighted by molar-refractivity contribution is 0.0277. The average Bonchev–Trinajstić information content (AvgIpc) is 2.29. The van der Waals surface area contributed by atoms with E-state index in [1.54, 1.807) is 0 Å². The third-order valence-corrected chi connectivity index (χ3v) is 3.68. The molecular weight excluding hydrogens is 198 g/mol. The number of hydrogen-bond donors (Lipinski definition) is 1. The molecule has 1 aromatic rings. The second-order valence-corrected chi connectivity index (χ2v) is 4.85. The maximum atomic E-state index is 9.62. The van der Waals surface area contributed by atoms with Crippen molar-refractivity contribution in [3.05, 3.63) is 35.9 Å². The molecule has 0 saturated carbocycles. The van der Waals surface area contributed by atoms with Crippen LogP contribution in [-0.4, -0.2) is 28.7 Å². The first kappa shape index (κ1) is 11.6. The van der Waals surface area contributed by atoms with Crippen LogP contribution in [0.15, 0.2) is 30.3 Å². The molecule has 2 heteroatoms. The smallest absolute Gasteiger partial charge is 0.0567 e. The number of nitrogens with zero attached hydrogens (tertiary/aromatic N) is 1. The van der Waals surface area contributed by atoms with Gasteiger partial charge >= 0.3 is 0 Å². The zero-order valence-electron chi connectivity index (χ0n) is 10.1. The lowest BCUT2D eigenvalue weighted by Gasteiger charge is -2.40. The van der Waals surface area contributed by atoms with Crippen LogP contribution in [0.4, 0.5) is 0 Å². The van der Waals surface area contributed by atoms with Crippen molar-refractivity contribution in [1.82, 2.24) is 4.90 Å². The van der Waals surface area contributed by atoms with Gasteiger partial charge in [0.15, 0.2) is 0 Å². The van der Waals surface area contributed by atoms with Crippen LogP contribution >= 0.6 is 0 Å². The van der Waals surface area contributed by atoms with Crippen LogP contribution in [0.5, 0.6) is 0 Å². The van der Waals surface area contributed by atoms with Gasteiger partial charge in [0, 0.05) is 18.6 Å². The van der Waals surface area contributed by atoms with Gasteiger partial charge in [-0.2, -0.15) is 0 Å². The summed E-state index contributed by atoms with van der Waals surface area (Å²) in [7, 11) is 0. The quantitative estimate of drug-likeness (QED) is 0.826. The molecule has 0 aliphatic carbocycles. The maximum Gasteiger partial charge on any atom is 0.0567 e. The van der Waals surface area contributed by atoms with Crippen molar-refractivity contribution in [2.45, 2.75) is 44.9 Å². The topological polar surface area (TPSA) is 23.5 Å². The van der Waals surface area contributed by atoms with Gasteiger partial charge in [-0.3, -0.25) is 4.90 Å². The van der Waals surface area contributed by atoms with Crippen LogP contribution < -0.4 is 0 Å². The van der Waals surface area contributed by atoms with Crippen LogP contribution in [0, 0.1) is 0 Å². The monoisotopic (exact) mass is 219 g/mol. The third kappa shape index (κ3) is 2.45. The van der Waals surface area contributed by atoms with Gasteiger partial charge in [0.2, 0.25) is 0 Å². The van der Waals surface area contributed by atoms with Gasteiger partial charge in [0.25, 0.3) is 0 Å². The number of aliphatic hydroxyl groups excluding tert-OH is 1. The Balaban J connectivity index is 2.07. The Bertz CT molecular complexity index is 325. The van der Waals surface area contributed by atoms with Gasteiger partial charge in [-0.05, 0) is 32.3 Å². The zero-order valence-corrected chi connectivity index (χ0v) is 10.1. The minimum atomic E-state index is -0.103. The number of piperidine rings is 1. The molecule has 1 saturated heterocycles. The highest BCUT2D eigenvalue weighted by molar-refractivity contribution is 5.18. The highest BCUT2D eigenvalue weighted by atomic mass is 16.3. The predicted molar refractivity (Wildman–Crippen MR) is 66.3 cm³/mol. The largest absolute Gasteiger partial charge is 0.393 e. The molecule has 0 amide bonds. The number of benzene rings is 1. The Kier molecular flexibility index (Phi) is 3.62. The maximum absolute atomic E-state index is 9.62. The molecule has 2 rings (SSSR count). The summed E-state index contributed by atoms with van der Waals surface area (Å²) in [5.74, 6) is 0. The fourth-order valence-corrected chi connectivity index (χ4v) is 2.66. The SMILES string of the molecule is C[C@@H]1C[C@@H](O)CCN1[C@@H](C)c1ccccc1. The zero-order chi connectivity index (χ0) is 11.5. The van der Waals surface area contributed by atoms with E-state index in [0.717, 1.165) is 19.4 Å². The van der Waals surface area contributed by atoms with Crippen molar-refractivity contribution in [2.75, 3.05) is 6.54 Å². The molecule has 88 valence electrons. The standard InChI is InChI=1S/C14H21NO/c1-11-10-14(16)8-9-15(11)12(2)13-6-4-3-5-7-13/h3-7,11-12,14,16H,8-10H2,1-2H3/t11-,12+,14+/m1/s1. The van der Waals surface area contributed by atoms with Crippen molar-refractivity contribution >= 4 is 0 Å². The molecule has 0 spiro atoms. The van der Waals surface area contributed by atoms with E-state index in [4.69, 9.17) is 0 Å². The van der Waals surface area contributed by atoms with E-state index >= 15 is 0 Å². The van der Waals surface area contributed by atoms with E-state index < -0.39 is 0 Å². The van der Waals surface area contributed by atoms with Crippen molar-refractivity contribution in [3.63, 3.8) is 0 Å². The van der Waals surface area contributed by atoms with Gasteiger partial charge in [-0.25, -0.2) is 0 Å². The molecule has 0 unspecified atom stereocenters. The van der Waals surface area contributed by atoms with E-state index in [9.17, 15) is 5.11 Å². The second-order valence-electron chi connectivity index (χ2n) is 4.85. The van der Waals surface area contributed by atoms with E-state index in [-0.39, 0.29) is 6.10 Å². The molecule has 3 atom stereocenters. The summed E-state index contributed by atoms with van der Waals surface area (Å²) in [4.78, 5) is 2.49. The summed E-state index contributed by atoms with van der Waals surface area (Å²) in [5, 5.41) is 9.62. The molecule has 2 nitrogen and oxygen atoms in total. The number of aliphatic hydroxyl groups is 1. The Morgan fingerprint density at radius 2 is 2.00 bits per heavy atom. The highest BCUT2D eigenvalue weighted by Crippen LogP contribution is 2.27. The predicted octanol–water partition coefficient (Wildman–Crippen LogP) is 2.59. The lowest BCUT2D eigenvalue weighted by atomic mass is 9.96. The molecular formula is C14H21NO. The third-order valence-electron chi connectivity index (χ3n) is 3.68. The van der Waals surface area contributed by atoms with Crippen LogP contribution in [0.2, 0.25) is 0 Å². The fraction of sp³-hybridized carbons (Fsp3) is 0.571. The first-order valence-electron chi connectivity index (χ1n) is 6.17. The van der Waals surface area contributed by atoms with E-state index in [1.807, 2.05) is 0 Å². The highest BCUT2D eigenvalue weighted by Gasteiger charge is 2.27. The minimum Gasteiger partial charge on any atom is -0.393 e. The van der Waals surface area contributed by atoms with E-state index in [2.05, 4.69) is 49.1 Å². The molecule has 1 N–H and O–H groups in total. The van der Waals surface area contributed by atoms with Crippen LogP contribution in [-0.2, 0) is 0 Å². The second kappa shape index (κ2) is 4.98. The molecule has 0 radical (unpaired) electrons. The number of hydrogen-bond acceptors (Lipinski definition) is 2. The molecule has 0 aromatic heterocycles. The summed E-state index contributed by atoms with van der Waals surface area (Å²) >= 11 is 0. The van der Waals surface area contributed by atoms with Crippen molar-refractivity contribution in [1.29, 1.82) is 0 Å². The molecule has 1 heterocycles. The van der Waals surface area contributed by atoms with Crippen LogP contribution in [0.25, 0.3) is 0 Å². The summed E-state index contributed by atoms with van der Waals surface area (Å²) < 4.78 is 0. The lowest BCUT2D eigenvalue weighted by Crippen LogP contribution is -2.43. The fourth-order valence-electron chi connectivity index (χ4n) is 2.66. The van der Waals surface area contributed by atoms with Gasteiger partial charge in [0.1, 0.15) is 0 Å². The van der Waals surface area contributed by atoms with E-state index in [1.165, 1.54) is 5.56 Å². The Labute approximate surface area is 97.9 Å².